The van der Waals surface area contributed by atoms with Crippen molar-refractivity contribution in [3.63, 3.8) is 0 Å². The smallest absolute Gasteiger partial charge is 0.257 e. The first kappa shape index (κ1) is 19.5. The van der Waals surface area contributed by atoms with Gasteiger partial charge in [-0.2, -0.15) is 0 Å². The van der Waals surface area contributed by atoms with Gasteiger partial charge in [-0.1, -0.05) is 26.2 Å². The van der Waals surface area contributed by atoms with Crippen molar-refractivity contribution in [2.24, 2.45) is 0 Å². The average molecular weight is 350 g/mol. The third-order valence-corrected chi connectivity index (χ3v) is 4.46. The quantitative estimate of drug-likeness (QED) is 0.623. The summed E-state index contributed by atoms with van der Waals surface area (Å²) < 4.78 is 10.7. The Bertz CT molecular complexity index is 510. The van der Waals surface area contributed by atoms with Gasteiger partial charge in [0.25, 0.3) is 5.91 Å². The van der Waals surface area contributed by atoms with Crippen molar-refractivity contribution in [1.29, 1.82) is 0 Å². The second-order valence-electron chi connectivity index (χ2n) is 6.56. The molecule has 0 bridgehead atoms. The lowest BCUT2D eigenvalue weighted by Gasteiger charge is -2.25. The molecular weight excluding hydrogens is 320 g/mol. The van der Waals surface area contributed by atoms with Crippen LogP contribution in [-0.2, 0) is 9.53 Å². The van der Waals surface area contributed by atoms with Gasteiger partial charge >= 0.3 is 0 Å². The fourth-order valence-electron chi connectivity index (χ4n) is 2.98. The van der Waals surface area contributed by atoms with Crippen molar-refractivity contribution < 1.29 is 18.7 Å². The van der Waals surface area contributed by atoms with E-state index in [0.29, 0.717) is 31.6 Å². The Morgan fingerprint density at radius 3 is 2.88 bits per heavy atom. The van der Waals surface area contributed by atoms with Gasteiger partial charge in [0.05, 0.1) is 17.9 Å². The number of carbonyl (C=O) groups is 2. The summed E-state index contributed by atoms with van der Waals surface area (Å²) in [6, 6.07) is 1.65. The zero-order valence-electron chi connectivity index (χ0n) is 15.2. The topological polar surface area (TPSA) is 71.8 Å². The van der Waals surface area contributed by atoms with Crippen molar-refractivity contribution in [1.82, 2.24) is 10.2 Å². The van der Waals surface area contributed by atoms with E-state index >= 15 is 0 Å². The van der Waals surface area contributed by atoms with Crippen LogP contribution in [0.4, 0.5) is 0 Å². The zero-order chi connectivity index (χ0) is 17.9. The molecule has 1 aromatic heterocycles. The summed E-state index contributed by atoms with van der Waals surface area (Å²) in [5, 5.41) is 2.94. The Morgan fingerprint density at radius 2 is 2.20 bits per heavy atom. The summed E-state index contributed by atoms with van der Waals surface area (Å²) in [4.78, 5) is 26.4. The summed E-state index contributed by atoms with van der Waals surface area (Å²) in [5.74, 6) is -0.117. The normalized spacial score (nSPS) is 16.8. The summed E-state index contributed by atoms with van der Waals surface area (Å²) in [6.45, 7) is 4.54. The van der Waals surface area contributed by atoms with Crippen LogP contribution in [0, 0.1) is 0 Å². The summed E-state index contributed by atoms with van der Waals surface area (Å²) in [7, 11) is 0. The molecule has 0 spiro atoms. The first-order valence-corrected chi connectivity index (χ1v) is 9.40. The molecule has 0 aromatic carbocycles. The van der Waals surface area contributed by atoms with E-state index in [2.05, 4.69) is 12.2 Å². The molecule has 6 heteroatoms. The highest BCUT2D eigenvalue weighted by atomic mass is 16.5. The summed E-state index contributed by atoms with van der Waals surface area (Å²) in [5.41, 5.74) is 0.512. The number of furan rings is 1. The van der Waals surface area contributed by atoms with E-state index in [1.807, 2.05) is 0 Å². The number of unbranched alkanes of at least 4 members (excludes halogenated alkanes) is 3. The third kappa shape index (κ3) is 6.90. The molecule has 2 amide bonds. The summed E-state index contributed by atoms with van der Waals surface area (Å²) in [6.07, 6.45) is 9.81. The maximum atomic E-state index is 12.6. The Balaban J connectivity index is 1.79. The number of nitrogens with zero attached hydrogens (tertiary/aromatic N) is 1. The van der Waals surface area contributed by atoms with Crippen LogP contribution in [0.1, 0.15) is 62.2 Å². The second kappa shape index (κ2) is 10.9. The van der Waals surface area contributed by atoms with Crippen LogP contribution in [0.15, 0.2) is 23.0 Å². The number of rotatable bonds is 11. The van der Waals surface area contributed by atoms with Gasteiger partial charge in [0.15, 0.2) is 0 Å². The maximum absolute atomic E-state index is 12.6. The van der Waals surface area contributed by atoms with Crippen LogP contribution < -0.4 is 5.32 Å². The lowest BCUT2D eigenvalue weighted by Crippen LogP contribution is -2.40. The van der Waals surface area contributed by atoms with Crippen molar-refractivity contribution in [2.45, 2.75) is 58.0 Å². The van der Waals surface area contributed by atoms with Crippen molar-refractivity contribution in [2.75, 3.05) is 26.2 Å². The molecular formula is C19H30N2O4. The van der Waals surface area contributed by atoms with Crippen molar-refractivity contribution in [3.8, 4) is 0 Å². The van der Waals surface area contributed by atoms with Crippen LogP contribution in [0.2, 0.25) is 0 Å². The molecule has 1 aliphatic heterocycles. The van der Waals surface area contributed by atoms with Gasteiger partial charge in [-0.25, -0.2) is 0 Å². The zero-order valence-corrected chi connectivity index (χ0v) is 15.2. The fourth-order valence-corrected chi connectivity index (χ4v) is 2.98. The molecule has 140 valence electrons. The number of amides is 2. The highest BCUT2D eigenvalue weighted by molar-refractivity contribution is 5.94. The molecule has 0 aliphatic carbocycles. The molecule has 2 rings (SSSR count). The predicted molar refractivity (Wildman–Crippen MR) is 95.4 cm³/mol. The minimum absolute atomic E-state index is 0.00571. The molecule has 1 saturated heterocycles. The predicted octanol–water partition coefficient (Wildman–Crippen LogP) is 2.99. The molecule has 0 radical (unpaired) electrons. The first-order valence-electron chi connectivity index (χ1n) is 9.40. The number of carbonyl (C=O) groups excluding carboxylic acids is 2. The second-order valence-corrected chi connectivity index (χ2v) is 6.56. The van der Waals surface area contributed by atoms with E-state index in [-0.39, 0.29) is 17.9 Å². The van der Waals surface area contributed by atoms with Gasteiger partial charge in [-0.15, -0.1) is 0 Å². The van der Waals surface area contributed by atoms with Gasteiger partial charge in [-0.05, 0) is 25.3 Å². The maximum Gasteiger partial charge on any atom is 0.257 e. The Morgan fingerprint density at radius 1 is 1.32 bits per heavy atom. The summed E-state index contributed by atoms with van der Waals surface area (Å²) >= 11 is 0. The molecule has 1 unspecified atom stereocenters. The fraction of sp³-hybridized carbons (Fsp3) is 0.684. The van der Waals surface area contributed by atoms with Crippen LogP contribution in [0.3, 0.4) is 0 Å². The van der Waals surface area contributed by atoms with Crippen molar-refractivity contribution >= 4 is 11.8 Å². The van der Waals surface area contributed by atoms with E-state index in [1.54, 1.807) is 11.0 Å². The van der Waals surface area contributed by atoms with Crippen LogP contribution in [-0.4, -0.2) is 49.1 Å². The first-order chi connectivity index (χ1) is 12.2. The average Bonchev–Trinajstić information content (AvgIpc) is 3.31. The van der Waals surface area contributed by atoms with Gasteiger partial charge in [0, 0.05) is 32.7 Å². The van der Waals surface area contributed by atoms with E-state index < -0.39 is 0 Å². The monoisotopic (exact) mass is 350 g/mol. The third-order valence-electron chi connectivity index (χ3n) is 4.46. The Hall–Kier alpha value is -1.82. The highest BCUT2D eigenvalue weighted by Gasteiger charge is 2.24. The van der Waals surface area contributed by atoms with Gasteiger partial charge in [0.2, 0.25) is 5.91 Å². The molecule has 25 heavy (non-hydrogen) atoms. The van der Waals surface area contributed by atoms with Crippen molar-refractivity contribution in [3.05, 3.63) is 24.2 Å². The van der Waals surface area contributed by atoms with E-state index in [4.69, 9.17) is 9.15 Å². The molecule has 6 nitrogen and oxygen atoms in total. The minimum atomic E-state index is -0.111. The van der Waals surface area contributed by atoms with Gasteiger partial charge < -0.3 is 19.4 Å². The standard InChI is InChI=1S/C19H30N2O4/c1-2-3-4-5-10-20-18(22)8-11-21(14-17-7-6-12-25-17)19(23)16-9-13-24-15-16/h9,13,15,17H,2-8,10-12,14H2,1H3,(H,20,22). The van der Waals surface area contributed by atoms with Crippen LogP contribution in [0.25, 0.3) is 0 Å². The van der Waals surface area contributed by atoms with Gasteiger partial charge in [-0.3, -0.25) is 9.59 Å². The number of hydrogen-bond donors (Lipinski definition) is 1. The largest absolute Gasteiger partial charge is 0.472 e. The van der Waals surface area contributed by atoms with E-state index in [9.17, 15) is 9.59 Å². The molecule has 1 aliphatic rings. The minimum Gasteiger partial charge on any atom is -0.472 e. The number of ether oxygens (including phenoxy) is 1. The lowest BCUT2D eigenvalue weighted by molar-refractivity contribution is -0.121. The van der Waals surface area contributed by atoms with E-state index in [0.717, 1.165) is 32.3 Å². The highest BCUT2D eigenvalue weighted by Crippen LogP contribution is 2.15. The van der Waals surface area contributed by atoms with Crippen LogP contribution >= 0.6 is 0 Å². The Labute approximate surface area is 149 Å². The molecule has 1 aromatic rings. The van der Waals surface area contributed by atoms with Crippen LogP contribution in [0.5, 0.6) is 0 Å². The molecule has 0 saturated carbocycles. The molecule has 1 fully saturated rings. The molecule has 1 N–H and O–H groups in total. The van der Waals surface area contributed by atoms with Gasteiger partial charge in [0.1, 0.15) is 6.26 Å². The number of nitrogens with one attached hydrogen (secondary N) is 1. The van der Waals surface area contributed by atoms with E-state index in [1.165, 1.54) is 25.4 Å². The molecule has 2 heterocycles. The number of hydrogen-bond acceptors (Lipinski definition) is 4. The SMILES string of the molecule is CCCCCCNC(=O)CCN(CC1CCCO1)C(=O)c1ccoc1. The Kier molecular flexibility index (Phi) is 8.52. The molecule has 1 atom stereocenters. The lowest BCUT2D eigenvalue weighted by atomic mass is 10.2.